The van der Waals surface area contributed by atoms with Crippen molar-refractivity contribution in [3.8, 4) is 0 Å². The Morgan fingerprint density at radius 1 is 1.40 bits per heavy atom. The minimum atomic E-state index is -1.02. The van der Waals surface area contributed by atoms with Gasteiger partial charge in [-0.3, -0.25) is 9.59 Å². The van der Waals surface area contributed by atoms with Crippen LogP contribution >= 0.6 is 11.8 Å². The Morgan fingerprint density at radius 3 is 2.72 bits per heavy atom. The standard InChI is InChI=1S/C16H23N3O5S/c1-16(2)12(15(22)23)19-13(21)11(14(19)25-16)17-10(20)7-8-24-18-9-5-3-4-6-9/h11-12,14H,3-8H2,1-2H3,(H,17,20)(H,22,23)/t11?,12-,14?/m0/s1. The Bertz CT molecular complexity index is 613. The van der Waals surface area contributed by atoms with Crippen molar-refractivity contribution >= 4 is 35.3 Å². The number of carboxylic acid groups (broad SMARTS) is 1. The van der Waals surface area contributed by atoms with E-state index in [9.17, 15) is 19.5 Å². The number of hydrogen-bond donors (Lipinski definition) is 2. The summed E-state index contributed by atoms with van der Waals surface area (Å²) in [5.74, 6) is -1.64. The zero-order valence-corrected chi connectivity index (χ0v) is 15.2. The first-order valence-corrected chi connectivity index (χ1v) is 9.39. The van der Waals surface area contributed by atoms with Crippen LogP contribution in [-0.4, -0.2) is 62.3 Å². The average Bonchev–Trinajstić information content (AvgIpc) is 3.13. The van der Waals surface area contributed by atoms with E-state index >= 15 is 0 Å². The molecule has 0 aromatic carbocycles. The van der Waals surface area contributed by atoms with Crippen LogP contribution in [0.25, 0.3) is 0 Å². The van der Waals surface area contributed by atoms with Crippen molar-refractivity contribution in [2.75, 3.05) is 6.61 Å². The highest BCUT2D eigenvalue weighted by Gasteiger charge is 2.64. The lowest BCUT2D eigenvalue weighted by atomic mass is 9.96. The largest absolute Gasteiger partial charge is 0.480 e. The fourth-order valence-electron chi connectivity index (χ4n) is 3.54. The second-order valence-corrected chi connectivity index (χ2v) is 8.86. The van der Waals surface area contributed by atoms with E-state index in [-0.39, 0.29) is 30.2 Å². The maximum Gasteiger partial charge on any atom is 0.327 e. The van der Waals surface area contributed by atoms with Crippen LogP contribution in [0.5, 0.6) is 0 Å². The van der Waals surface area contributed by atoms with Gasteiger partial charge in [0.05, 0.1) is 12.1 Å². The molecule has 1 saturated carbocycles. The van der Waals surface area contributed by atoms with Crippen molar-refractivity contribution in [1.29, 1.82) is 0 Å². The molecule has 9 heteroatoms. The van der Waals surface area contributed by atoms with Gasteiger partial charge in [-0.25, -0.2) is 4.79 Å². The smallest absolute Gasteiger partial charge is 0.327 e. The third-order valence-corrected chi connectivity index (χ3v) is 6.36. The second kappa shape index (κ2) is 6.86. The van der Waals surface area contributed by atoms with Crippen LogP contribution < -0.4 is 5.32 Å². The minimum Gasteiger partial charge on any atom is -0.480 e. The van der Waals surface area contributed by atoms with E-state index in [1.165, 1.54) is 16.7 Å². The molecule has 2 saturated heterocycles. The van der Waals surface area contributed by atoms with Crippen LogP contribution in [0.1, 0.15) is 46.0 Å². The molecule has 3 fully saturated rings. The Hall–Kier alpha value is -1.77. The Labute approximate surface area is 150 Å². The molecule has 0 aromatic heterocycles. The van der Waals surface area contributed by atoms with Gasteiger partial charge in [-0.05, 0) is 39.5 Å². The van der Waals surface area contributed by atoms with Crippen LogP contribution in [0.15, 0.2) is 5.16 Å². The highest BCUT2D eigenvalue weighted by molar-refractivity contribution is 8.01. The summed E-state index contributed by atoms with van der Waals surface area (Å²) in [6.45, 7) is 3.77. The van der Waals surface area contributed by atoms with Gasteiger partial charge < -0.3 is 20.2 Å². The number of carboxylic acids is 1. The number of nitrogens with zero attached hydrogens (tertiary/aromatic N) is 2. The molecule has 0 aromatic rings. The van der Waals surface area contributed by atoms with Crippen molar-refractivity contribution in [1.82, 2.24) is 10.2 Å². The summed E-state index contributed by atoms with van der Waals surface area (Å²) < 4.78 is -0.591. The lowest BCUT2D eigenvalue weighted by Crippen LogP contribution is -2.70. The Morgan fingerprint density at radius 2 is 2.08 bits per heavy atom. The number of nitrogens with one attached hydrogen (secondary N) is 1. The summed E-state index contributed by atoms with van der Waals surface area (Å²) in [5.41, 5.74) is 1.04. The lowest BCUT2D eigenvalue weighted by Gasteiger charge is -2.43. The van der Waals surface area contributed by atoms with Crippen LogP contribution in [0.2, 0.25) is 0 Å². The molecule has 1 aliphatic carbocycles. The number of hydrogen-bond acceptors (Lipinski definition) is 6. The molecule has 3 rings (SSSR count). The van der Waals surface area contributed by atoms with E-state index in [0.29, 0.717) is 0 Å². The fourth-order valence-corrected chi connectivity index (χ4v) is 5.17. The second-order valence-electron chi connectivity index (χ2n) is 7.09. The summed E-state index contributed by atoms with van der Waals surface area (Å²) >= 11 is 1.41. The lowest BCUT2D eigenvalue weighted by molar-refractivity contribution is -0.161. The highest BCUT2D eigenvalue weighted by atomic mass is 32.2. The molecule has 0 radical (unpaired) electrons. The molecular formula is C16H23N3O5S. The number of β-lactam (4-membered cyclic amide) rings is 1. The van der Waals surface area contributed by atoms with Gasteiger partial charge in [-0.2, -0.15) is 0 Å². The Balaban J connectivity index is 1.47. The summed E-state index contributed by atoms with van der Waals surface area (Å²) in [4.78, 5) is 42.3. The van der Waals surface area contributed by atoms with E-state index in [4.69, 9.17) is 4.84 Å². The molecule has 3 atom stereocenters. The molecule has 2 amide bonds. The van der Waals surface area contributed by atoms with Gasteiger partial charge in [0, 0.05) is 4.75 Å². The number of carbonyl (C=O) groups excluding carboxylic acids is 2. The highest BCUT2D eigenvalue weighted by Crippen LogP contribution is 2.50. The predicted octanol–water partition coefficient (Wildman–Crippen LogP) is 0.955. The normalized spacial score (nSPS) is 29.8. The fraction of sp³-hybridized carbons (Fsp3) is 0.750. The maximum atomic E-state index is 12.3. The quantitative estimate of drug-likeness (QED) is 0.410. The molecule has 2 unspecified atom stereocenters. The average molecular weight is 369 g/mol. The molecule has 0 spiro atoms. The van der Waals surface area contributed by atoms with E-state index in [2.05, 4.69) is 10.5 Å². The number of amides is 2. The van der Waals surface area contributed by atoms with Crippen molar-refractivity contribution in [2.24, 2.45) is 5.16 Å². The first-order chi connectivity index (χ1) is 11.8. The third kappa shape index (κ3) is 3.47. The van der Waals surface area contributed by atoms with Crippen molar-refractivity contribution in [2.45, 2.75) is 68.2 Å². The van der Waals surface area contributed by atoms with Gasteiger partial charge >= 0.3 is 5.97 Å². The maximum absolute atomic E-state index is 12.3. The molecule has 0 bridgehead atoms. The van der Waals surface area contributed by atoms with Gasteiger partial charge in [0.25, 0.3) is 0 Å². The molecule has 2 heterocycles. The molecular weight excluding hydrogens is 346 g/mol. The Kier molecular flexibility index (Phi) is 4.95. The zero-order valence-electron chi connectivity index (χ0n) is 14.4. The summed E-state index contributed by atoms with van der Waals surface area (Å²) in [6.07, 6.45) is 4.30. The first-order valence-electron chi connectivity index (χ1n) is 8.51. The van der Waals surface area contributed by atoms with Gasteiger partial charge in [-0.15, -0.1) is 11.8 Å². The van der Waals surface area contributed by atoms with E-state index in [0.717, 1.165) is 31.4 Å². The number of thioether (sulfide) groups is 1. The van der Waals surface area contributed by atoms with Crippen molar-refractivity contribution in [3.05, 3.63) is 0 Å². The molecule has 8 nitrogen and oxygen atoms in total. The zero-order chi connectivity index (χ0) is 18.2. The minimum absolute atomic E-state index is 0.115. The molecule has 3 aliphatic rings. The number of aliphatic carboxylic acids is 1. The topological polar surface area (TPSA) is 108 Å². The van der Waals surface area contributed by atoms with E-state index in [1.807, 2.05) is 0 Å². The molecule has 2 N–H and O–H groups in total. The van der Waals surface area contributed by atoms with Crippen molar-refractivity contribution in [3.63, 3.8) is 0 Å². The van der Waals surface area contributed by atoms with E-state index in [1.54, 1.807) is 13.8 Å². The van der Waals surface area contributed by atoms with Crippen LogP contribution in [0.4, 0.5) is 0 Å². The van der Waals surface area contributed by atoms with Gasteiger partial charge in [0.2, 0.25) is 11.8 Å². The summed E-state index contributed by atoms with van der Waals surface area (Å²) in [6, 6.07) is -1.53. The van der Waals surface area contributed by atoms with Crippen molar-refractivity contribution < 1.29 is 24.3 Å². The molecule has 2 aliphatic heterocycles. The molecule has 138 valence electrons. The summed E-state index contributed by atoms with van der Waals surface area (Å²) in [7, 11) is 0. The van der Waals surface area contributed by atoms with Crippen LogP contribution in [0, 0.1) is 0 Å². The van der Waals surface area contributed by atoms with Gasteiger partial charge in [-0.1, -0.05) is 5.16 Å². The monoisotopic (exact) mass is 369 g/mol. The molecule has 25 heavy (non-hydrogen) atoms. The number of oxime groups is 1. The summed E-state index contributed by atoms with van der Waals surface area (Å²) in [5, 5.41) is 15.7. The number of fused-ring (bicyclic) bond motifs is 1. The number of rotatable bonds is 6. The predicted molar refractivity (Wildman–Crippen MR) is 92.1 cm³/mol. The van der Waals surface area contributed by atoms with Crippen LogP contribution in [0.3, 0.4) is 0 Å². The van der Waals surface area contributed by atoms with Gasteiger partial charge in [0.1, 0.15) is 24.1 Å². The first kappa shape index (κ1) is 18.0. The SMILES string of the molecule is CC1(C)SC2C(NC(=O)CCON=C3CCCC3)C(=O)N2[C@H]1C(=O)O. The van der Waals surface area contributed by atoms with Crippen LogP contribution in [-0.2, 0) is 19.2 Å². The number of carbonyl (C=O) groups is 3. The van der Waals surface area contributed by atoms with Gasteiger partial charge in [0.15, 0.2) is 0 Å². The third-order valence-electron chi connectivity index (χ3n) is 4.79. The van der Waals surface area contributed by atoms with E-state index < -0.39 is 22.8 Å².